The van der Waals surface area contributed by atoms with Crippen molar-refractivity contribution in [2.24, 2.45) is 0 Å². The van der Waals surface area contributed by atoms with E-state index in [1.807, 2.05) is 0 Å². The number of anilines is 1. The Kier molecular flexibility index (Phi) is 5.24. The van der Waals surface area contributed by atoms with Crippen LogP contribution in [0.5, 0.6) is 17.2 Å². The summed E-state index contributed by atoms with van der Waals surface area (Å²) in [4.78, 5) is 7.88. The van der Waals surface area contributed by atoms with E-state index in [1.165, 1.54) is 19.2 Å². The van der Waals surface area contributed by atoms with Crippen LogP contribution in [0.15, 0.2) is 65.8 Å². The lowest BCUT2D eigenvalue weighted by atomic mass is 10.3. The maximum absolute atomic E-state index is 12.5. The molecule has 9 heteroatoms. The summed E-state index contributed by atoms with van der Waals surface area (Å²) in [5.41, 5.74) is 0. The average Bonchev–Trinajstić information content (AvgIpc) is 2.65. The Labute approximate surface area is 155 Å². The molecule has 0 amide bonds. The summed E-state index contributed by atoms with van der Waals surface area (Å²) in [7, 11) is -2.38. The molecule has 1 aromatic heterocycles. The molecule has 26 heavy (non-hydrogen) atoms. The van der Waals surface area contributed by atoms with Gasteiger partial charge in [0.1, 0.15) is 6.33 Å². The van der Waals surface area contributed by atoms with E-state index in [2.05, 4.69) is 14.7 Å². The predicted molar refractivity (Wildman–Crippen MR) is 97.4 cm³/mol. The van der Waals surface area contributed by atoms with Crippen molar-refractivity contribution >= 4 is 27.4 Å². The fraction of sp³-hybridized carbons (Fsp3) is 0.0588. The molecule has 3 rings (SSSR count). The number of hydrogen-bond donors (Lipinski definition) is 1. The van der Waals surface area contributed by atoms with Crippen molar-refractivity contribution in [1.82, 2.24) is 9.97 Å². The zero-order chi connectivity index (χ0) is 18.6. The van der Waals surface area contributed by atoms with Gasteiger partial charge in [0.15, 0.2) is 22.5 Å². The van der Waals surface area contributed by atoms with Crippen LogP contribution in [0.2, 0.25) is 5.15 Å². The van der Waals surface area contributed by atoms with Gasteiger partial charge in [-0.3, -0.25) is 4.72 Å². The molecule has 0 bridgehead atoms. The molecule has 1 heterocycles. The van der Waals surface area contributed by atoms with Crippen molar-refractivity contribution < 1.29 is 17.9 Å². The summed E-state index contributed by atoms with van der Waals surface area (Å²) in [5, 5.41) is -0.0448. The molecule has 1 N–H and O–H groups in total. The number of halogens is 1. The number of ether oxygens (including phenoxy) is 2. The molecule has 134 valence electrons. The SMILES string of the molecule is COc1ccccc1Oc1c(Cl)ncnc1NS(=O)(=O)c1ccccc1. The molecule has 0 aliphatic rings. The Balaban J connectivity index is 1.98. The second kappa shape index (κ2) is 7.59. The van der Waals surface area contributed by atoms with Crippen LogP contribution in [0.25, 0.3) is 0 Å². The topological polar surface area (TPSA) is 90.4 Å². The van der Waals surface area contributed by atoms with Crippen LogP contribution in [0, 0.1) is 0 Å². The fourth-order valence-corrected chi connectivity index (χ4v) is 3.32. The summed E-state index contributed by atoms with van der Waals surface area (Å²) in [6, 6.07) is 14.7. The Bertz CT molecular complexity index is 1010. The van der Waals surface area contributed by atoms with Gasteiger partial charge in [0, 0.05) is 0 Å². The number of nitrogens with zero attached hydrogens (tertiary/aromatic N) is 2. The van der Waals surface area contributed by atoms with Gasteiger partial charge < -0.3 is 9.47 Å². The van der Waals surface area contributed by atoms with Crippen molar-refractivity contribution in [3.8, 4) is 17.2 Å². The third-order valence-corrected chi connectivity index (χ3v) is 4.95. The van der Waals surface area contributed by atoms with Crippen molar-refractivity contribution in [2.45, 2.75) is 4.90 Å². The van der Waals surface area contributed by atoms with Crippen LogP contribution >= 0.6 is 11.6 Å². The molecule has 0 aliphatic carbocycles. The van der Waals surface area contributed by atoms with Crippen molar-refractivity contribution in [2.75, 3.05) is 11.8 Å². The van der Waals surface area contributed by atoms with Crippen LogP contribution < -0.4 is 14.2 Å². The maximum Gasteiger partial charge on any atom is 0.263 e. The zero-order valence-corrected chi connectivity index (χ0v) is 15.2. The molecule has 0 saturated heterocycles. The smallest absolute Gasteiger partial charge is 0.263 e. The third-order valence-electron chi connectivity index (χ3n) is 3.33. The van der Waals surface area contributed by atoms with Crippen LogP contribution in [-0.2, 0) is 10.0 Å². The fourth-order valence-electron chi connectivity index (χ4n) is 2.11. The van der Waals surface area contributed by atoms with Gasteiger partial charge in [-0.25, -0.2) is 18.4 Å². The number of rotatable bonds is 6. The molecule has 0 fully saturated rings. The lowest BCUT2D eigenvalue weighted by Gasteiger charge is -2.14. The van der Waals surface area contributed by atoms with E-state index >= 15 is 0 Å². The first-order valence-electron chi connectivity index (χ1n) is 7.40. The number of methoxy groups -OCH3 is 1. The number of sulfonamides is 1. The highest BCUT2D eigenvalue weighted by atomic mass is 35.5. The minimum atomic E-state index is -3.87. The molecule has 0 atom stereocenters. The van der Waals surface area contributed by atoms with Crippen LogP contribution in [0.1, 0.15) is 0 Å². The molecular weight excluding hydrogens is 378 g/mol. The van der Waals surface area contributed by atoms with Crippen LogP contribution in [0.4, 0.5) is 5.82 Å². The van der Waals surface area contributed by atoms with Gasteiger partial charge in [0.2, 0.25) is 5.75 Å². The summed E-state index contributed by atoms with van der Waals surface area (Å²) >= 11 is 6.10. The molecule has 2 aromatic carbocycles. The highest BCUT2D eigenvalue weighted by Gasteiger charge is 2.21. The minimum absolute atomic E-state index is 0.0295. The molecule has 3 aromatic rings. The molecule has 0 unspecified atom stereocenters. The second-order valence-corrected chi connectivity index (χ2v) is 7.05. The molecule has 0 aliphatic heterocycles. The Morgan fingerprint density at radius 3 is 2.31 bits per heavy atom. The normalized spacial score (nSPS) is 11.0. The van der Waals surface area contributed by atoms with E-state index < -0.39 is 10.0 Å². The molecule has 0 spiro atoms. The third kappa shape index (κ3) is 3.87. The average molecular weight is 392 g/mol. The minimum Gasteiger partial charge on any atom is -0.493 e. The summed E-state index contributed by atoms with van der Waals surface area (Å²) in [5.74, 6) is 0.675. The number of aromatic nitrogens is 2. The summed E-state index contributed by atoms with van der Waals surface area (Å²) in [6.07, 6.45) is 1.14. The Hall–Kier alpha value is -2.84. The van der Waals surface area contributed by atoms with Crippen LogP contribution in [0.3, 0.4) is 0 Å². The largest absolute Gasteiger partial charge is 0.493 e. The first-order chi connectivity index (χ1) is 12.5. The Morgan fingerprint density at radius 2 is 1.62 bits per heavy atom. The van der Waals surface area contributed by atoms with Crippen LogP contribution in [-0.4, -0.2) is 25.5 Å². The first kappa shape index (κ1) is 18.0. The molecule has 7 nitrogen and oxygen atoms in total. The van der Waals surface area contributed by atoms with E-state index in [9.17, 15) is 8.42 Å². The monoisotopic (exact) mass is 391 g/mol. The highest BCUT2D eigenvalue weighted by molar-refractivity contribution is 7.92. The Morgan fingerprint density at radius 1 is 0.962 bits per heavy atom. The summed E-state index contributed by atoms with van der Waals surface area (Å²) < 4.78 is 38.4. The van der Waals surface area contributed by atoms with Gasteiger partial charge in [0.25, 0.3) is 10.0 Å². The number of nitrogens with one attached hydrogen (secondary N) is 1. The van der Waals surface area contributed by atoms with Gasteiger partial charge >= 0.3 is 0 Å². The van der Waals surface area contributed by atoms with Gasteiger partial charge in [-0.05, 0) is 24.3 Å². The van der Waals surface area contributed by atoms with Crippen molar-refractivity contribution in [3.05, 3.63) is 66.1 Å². The quantitative estimate of drug-likeness (QED) is 0.644. The van der Waals surface area contributed by atoms with Gasteiger partial charge in [-0.15, -0.1) is 0 Å². The lowest BCUT2D eigenvalue weighted by Crippen LogP contribution is -2.15. The molecule has 0 radical (unpaired) electrons. The standard InChI is InChI=1S/C17H14ClN3O4S/c1-24-13-9-5-6-10-14(13)25-15-16(18)19-11-20-17(15)21-26(22,23)12-7-3-2-4-8-12/h2-11H,1H3,(H,19,20,21). The molecular formula is C17H14ClN3O4S. The van der Waals surface area contributed by atoms with Crippen molar-refractivity contribution in [3.63, 3.8) is 0 Å². The van der Waals surface area contributed by atoms with Gasteiger partial charge in [-0.2, -0.15) is 0 Å². The van der Waals surface area contributed by atoms with E-state index in [-0.39, 0.29) is 21.6 Å². The van der Waals surface area contributed by atoms with Gasteiger partial charge in [0.05, 0.1) is 12.0 Å². The number of hydrogen-bond acceptors (Lipinski definition) is 6. The second-order valence-electron chi connectivity index (χ2n) is 5.01. The van der Waals surface area contributed by atoms with E-state index in [0.29, 0.717) is 11.5 Å². The first-order valence-corrected chi connectivity index (χ1v) is 9.26. The van der Waals surface area contributed by atoms with Crippen molar-refractivity contribution in [1.29, 1.82) is 0 Å². The number of para-hydroxylation sites is 2. The van der Waals surface area contributed by atoms with Gasteiger partial charge in [-0.1, -0.05) is 41.9 Å². The summed E-state index contributed by atoms with van der Waals surface area (Å²) in [6.45, 7) is 0. The maximum atomic E-state index is 12.5. The van der Waals surface area contributed by atoms with E-state index in [1.54, 1.807) is 42.5 Å². The highest BCUT2D eigenvalue weighted by Crippen LogP contribution is 2.38. The molecule has 0 saturated carbocycles. The number of benzene rings is 2. The lowest BCUT2D eigenvalue weighted by molar-refractivity contribution is 0.378. The van der Waals surface area contributed by atoms with E-state index in [0.717, 1.165) is 6.33 Å². The zero-order valence-electron chi connectivity index (χ0n) is 13.6. The predicted octanol–water partition coefficient (Wildman–Crippen LogP) is 3.73. The van der Waals surface area contributed by atoms with E-state index in [4.69, 9.17) is 21.1 Å².